The maximum absolute atomic E-state index is 5.69. The first-order valence-corrected chi connectivity index (χ1v) is 4.74. The van der Waals surface area contributed by atoms with Crippen molar-refractivity contribution in [1.82, 2.24) is 0 Å². The van der Waals surface area contributed by atoms with Crippen molar-refractivity contribution in [3.63, 3.8) is 0 Å². The van der Waals surface area contributed by atoms with Crippen LogP contribution < -0.4 is 0 Å². The highest BCUT2D eigenvalue weighted by Crippen LogP contribution is 2.42. The van der Waals surface area contributed by atoms with Crippen molar-refractivity contribution >= 4 is 0 Å². The lowest BCUT2D eigenvalue weighted by atomic mass is 9.85. The van der Waals surface area contributed by atoms with Crippen LogP contribution in [0.15, 0.2) is 12.3 Å². The third-order valence-corrected chi connectivity index (χ3v) is 2.96. The molecule has 1 heterocycles. The van der Waals surface area contributed by atoms with E-state index in [0.29, 0.717) is 12.5 Å². The molecule has 1 saturated carbocycles. The first kappa shape index (κ1) is 8.11. The largest absolute Gasteiger partial charge is 0.465 e. The molecule has 2 rings (SSSR count). The number of hydrogen-bond donors (Lipinski definition) is 0. The van der Waals surface area contributed by atoms with E-state index in [9.17, 15) is 0 Å². The van der Waals surface area contributed by atoms with Gasteiger partial charge in [-0.05, 0) is 12.8 Å². The summed E-state index contributed by atoms with van der Waals surface area (Å²) in [5.74, 6) is 1.02. The molecule has 1 aliphatic carbocycles. The van der Waals surface area contributed by atoms with E-state index < -0.39 is 0 Å². The van der Waals surface area contributed by atoms with Gasteiger partial charge < -0.3 is 9.47 Å². The Hall–Kier alpha value is -0.500. The van der Waals surface area contributed by atoms with E-state index in [4.69, 9.17) is 9.47 Å². The molecule has 1 saturated heterocycles. The Labute approximate surface area is 73.5 Å². The lowest BCUT2D eigenvalue weighted by molar-refractivity contribution is -0.200. The molecule has 2 atom stereocenters. The van der Waals surface area contributed by atoms with E-state index in [0.717, 1.165) is 12.2 Å². The standard InChI is InChI=1S/C10H16O2/c1-8-5-3-4-6-10(8)11-7-9(2)12-10/h8H,2-7H2,1H3. The summed E-state index contributed by atoms with van der Waals surface area (Å²) in [5, 5.41) is 0. The minimum atomic E-state index is -0.296. The SMILES string of the molecule is C=C1COC2(CCCCC2C)O1. The average molecular weight is 168 g/mol. The van der Waals surface area contributed by atoms with Gasteiger partial charge in [-0.15, -0.1) is 0 Å². The van der Waals surface area contributed by atoms with Crippen molar-refractivity contribution in [2.75, 3.05) is 6.61 Å². The Kier molecular flexibility index (Phi) is 1.87. The van der Waals surface area contributed by atoms with E-state index in [-0.39, 0.29) is 5.79 Å². The van der Waals surface area contributed by atoms with Gasteiger partial charge in [-0.3, -0.25) is 0 Å². The monoisotopic (exact) mass is 168 g/mol. The summed E-state index contributed by atoms with van der Waals surface area (Å²) in [4.78, 5) is 0. The number of hydrogen-bond acceptors (Lipinski definition) is 2. The van der Waals surface area contributed by atoms with E-state index in [1.54, 1.807) is 0 Å². The zero-order valence-corrected chi connectivity index (χ0v) is 7.64. The van der Waals surface area contributed by atoms with Crippen LogP contribution >= 0.6 is 0 Å². The molecular weight excluding hydrogens is 152 g/mol. The van der Waals surface area contributed by atoms with Gasteiger partial charge in [-0.25, -0.2) is 0 Å². The molecule has 0 radical (unpaired) electrons. The van der Waals surface area contributed by atoms with Crippen LogP contribution in [-0.4, -0.2) is 12.4 Å². The molecule has 2 nitrogen and oxygen atoms in total. The van der Waals surface area contributed by atoms with E-state index in [1.165, 1.54) is 19.3 Å². The topological polar surface area (TPSA) is 18.5 Å². The minimum absolute atomic E-state index is 0.296. The summed E-state index contributed by atoms with van der Waals surface area (Å²) in [6.07, 6.45) is 4.78. The quantitative estimate of drug-likeness (QED) is 0.553. The Bertz CT molecular complexity index is 200. The van der Waals surface area contributed by atoms with Crippen molar-refractivity contribution in [3.8, 4) is 0 Å². The molecule has 0 amide bonds. The second kappa shape index (κ2) is 2.77. The maximum atomic E-state index is 5.69. The highest BCUT2D eigenvalue weighted by molar-refractivity contribution is 4.96. The number of ether oxygens (including phenoxy) is 2. The van der Waals surface area contributed by atoms with Gasteiger partial charge in [-0.1, -0.05) is 19.9 Å². The molecule has 2 fully saturated rings. The highest BCUT2D eigenvalue weighted by atomic mass is 16.7. The fraction of sp³-hybridized carbons (Fsp3) is 0.800. The molecule has 1 spiro atoms. The van der Waals surface area contributed by atoms with Crippen LogP contribution in [0.1, 0.15) is 32.6 Å². The van der Waals surface area contributed by atoms with Crippen molar-refractivity contribution in [1.29, 1.82) is 0 Å². The molecule has 12 heavy (non-hydrogen) atoms. The Balaban J connectivity index is 2.12. The maximum Gasteiger partial charge on any atom is 0.213 e. The molecule has 2 aliphatic rings. The van der Waals surface area contributed by atoms with Gasteiger partial charge in [0.25, 0.3) is 0 Å². The van der Waals surface area contributed by atoms with Crippen LogP contribution in [0.2, 0.25) is 0 Å². The summed E-state index contributed by atoms with van der Waals surface area (Å²) in [5.41, 5.74) is 0. The first-order valence-electron chi connectivity index (χ1n) is 4.74. The van der Waals surface area contributed by atoms with Crippen molar-refractivity contribution in [2.24, 2.45) is 5.92 Å². The summed E-state index contributed by atoms with van der Waals surface area (Å²) < 4.78 is 11.4. The third-order valence-electron chi connectivity index (χ3n) is 2.96. The molecule has 0 N–H and O–H groups in total. The summed E-state index contributed by atoms with van der Waals surface area (Å²) in [7, 11) is 0. The van der Waals surface area contributed by atoms with E-state index in [1.807, 2.05) is 0 Å². The lowest BCUT2D eigenvalue weighted by Gasteiger charge is -2.36. The highest BCUT2D eigenvalue weighted by Gasteiger charge is 2.45. The summed E-state index contributed by atoms with van der Waals surface area (Å²) >= 11 is 0. The molecule has 68 valence electrons. The fourth-order valence-electron chi connectivity index (χ4n) is 2.16. The van der Waals surface area contributed by atoms with Gasteiger partial charge in [0, 0.05) is 12.3 Å². The summed E-state index contributed by atoms with van der Waals surface area (Å²) in [6, 6.07) is 0. The molecule has 0 aromatic rings. The molecule has 0 aromatic heterocycles. The van der Waals surface area contributed by atoms with Gasteiger partial charge in [0.1, 0.15) is 12.4 Å². The Morgan fingerprint density at radius 2 is 2.33 bits per heavy atom. The number of rotatable bonds is 0. The molecule has 0 aromatic carbocycles. The van der Waals surface area contributed by atoms with Crippen LogP contribution in [0.5, 0.6) is 0 Å². The van der Waals surface area contributed by atoms with Crippen LogP contribution in [-0.2, 0) is 9.47 Å². The molecule has 1 aliphatic heterocycles. The van der Waals surface area contributed by atoms with Crippen LogP contribution in [0.25, 0.3) is 0 Å². The molecule has 0 bridgehead atoms. The predicted octanol–water partition coefficient (Wildman–Crippen LogP) is 2.45. The van der Waals surface area contributed by atoms with Crippen LogP contribution in [0.4, 0.5) is 0 Å². The van der Waals surface area contributed by atoms with Gasteiger partial charge >= 0.3 is 0 Å². The van der Waals surface area contributed by atoms with Crippen molar-refractivity contribution < 1.29 is 9.47 Å². The van der Waals surface area contributed by atoms with Crippen LogP contribution in [0.3, 0.4) is 0 Å². The van der Waals surface area contributed by atoms with Gasteiger partial charge in [-0.2, -0.15) is 0 Å². The predicted molar refractivity (Wildman–Crippen MR) is 46.5 cm³/mol. The second-order valence-electron chi connectivity index (χ2n) is 3.89. The zero-order chi connectivity index (χ0) is 8.60. The zero-order valence-electron chi connectivity index (χ0n) is 7.64. The molecular formula is C10H16O2. The third kappa shape index (κ3) is 1.14. The minimum Gasteiger partial charge on any atom is -0.465 e. The first-order chi connectivity index (χ1) is 5.73. The molecule has 2 unspecified atom stereocenters. The van der Waals surface area contributed by atoms with E-state index in [2.05, 4.69) is 13.5 Å². The Morgan fingerprint density at radius 1 is 1.50 bits per heavy atom. The molecule has 2 heteroatoms. The van der Waals surface area contributed by atoms with Crippen LogP contribution in [0, 0.1) is 5.92 Å². The van der Waals surface area contributed by atoms with Gasteiger partial charge in [0.15, 0.2) is 0 Å². The van der Waals surface area contributed by atoms with Gasteiger partial charge in [0.2, 0.25) is 5.79 Å². The normalized spacial score (nSPS) is 41.8. The summed E-state index contributed by atoms with van der Waals surface area (Å²) in [6.45, 7) is 6.58. The van der Waals surface area contributed by atoms with Gasteiger partial charge in [0.05, 0.1) is 0 Å². The van der Waals surface area contributed by atoms with E-state index >= 15 is 0 Å². The average Bonchev–Trinajstić information content (AvgIpc) is 2.41. The lowest BCUT2D eigenvalue weighted by Crippen LogP contribution is -2.40. The van der Waals surface area contributed by atoms with Crippen molar-refractivity contribution in [3.05, 3.63) is 12.3 Å². The smallest absolute Gasteiger partial charge is 0.213 e. The second-order valence-corrected chi connectivity index (χ2v) is 3.89. The fourth-order valence-corrected chi connectivity index (χ4v) is 2.16. The Morgan fingerprint density at radius 3 is 2.92 bits per heavy atom. The van der Waals surface area contributed by atoms with Crippen molar-refractivity contribution in [2.45, 2.75) is 38.4 Å².